The minimum atomic E-state index is -0.164. The number of rotatable bonds is 6. The quantitative estimate of drug-likeness (QED) is 0.760. The average Bonchev–Trinajstić information content (AvgIpc) is 2.46. The number of nitrogens with one attached hydrogen (secondary N) is 2. The fourth-order valence-corrected chi connectivity index (χ4v) is 2.85. The summed E-state index contributed by atoms with van der Waals surface area (Å²) >= 11 is 0. The first-order valence-corrected chi connectivity index (χ1v) is 7.62. The van der Waals surface area contributed by atoms with E-state index in [-0.39, 0.29) is 17.7 Å². The second-order valence-corrected chi connectivity index (χ2v) is 6.06. The van der Waals surface area contributed by atoms with Crippen LogP contribution in [0.15, 0.2) is 0 Å². The van der Waals surface area contributed by atoms with E-state index in [4.69, 9.17) is 0 Å². The third kappa shape index (κ3) is 5.12. The van der Waals surface area contributed by atoms with Crippen LogP contribution in [0.4, 0.5) is 0 Å². The van der Waals surface area contributed by atoms with Crippen LogP contribution in [0, 0.1) is 17.8 Å². The molecule has 116 valence electrons. The van der Waals surface area contributed by atoms with Gasteiger partial charge in [0.05, 0.1) is 5.92 Å². The molecular weight excluding hydrogens is 254 g/mol. The molecule has 0 aromatic carbocycles. The van der Waals surface area contributed by atoms with Gasteiger partial charge in [-0.25, -0.2) is 0 Å². The Labute approximate surface area is 122 Å². The third-order valence-electron chi connectivity index (χ3n) is 4.35. The highest BCUT2D eigenvalue weighted by Crippen LogP contribution is 2.24. The molecule has 5 heteroatoms. The molecule has 1 fully saturated rings. The predicted molar refractivity (Wildman–Crippen MR) is 80.2 cm³/mol. The van der Waals surface area contributed by atoms with Gasteiger partial charge in [0.15, 0.2) is 0 Å². The van der Waals surface area contributed by atoms with E-state index in [0.29, 0.717) is 24.8 Å². The largest absolute Gasteiger partial charge is 0.359 e. The lowest BCUT2D eigenvalue weighted by atomic mass is 9.84. The number of carbonyl (C=O) groups excluding carboxylic acids is 2. The van der Waals surface area contributed by atoms with Crippen molar-refractivity contribution in [3.8, 4) is 0 Å². The molecule has 1 saturated heterocycles. The summed E-state index contributed by atoms with van der Waals surface area (Å²) in [6, 6.07) is 0. The summed E-state index contributed by atoms with van der Waals surface area (Å²) in [5.41, 5.74) is 0. The van der Waals surface area contributed by atoms with Gasteiger partial charge in [0, 0.05) is 27.1 Å². The van der Waals surface area contributed by atoms with Gasteiger partial charge in [0.1, 0.15) is 0 Å². The van der Waals surface area contributed by atoms with Gasteiger partial charge < -0.3 is 15.5 Å². The molecule has 2 unspecified atom stereocenters. The van der Waals surface area contributed by atoms with Crippen molar-refractivity contribution in [2.45, 2.75) is 33.1 Å². The van der Waals surface area contributed by atoms with E-state index in [1.807, 2.05) is 6.92 Å². The van der Waals surface area contributed by atoms with E-state index in [1.54, 1.807) is 19.0 Å². The zero-order valence-corrected chi connectivity index (χ0v) is 13.2. The van der Waals surface area contributed by atoms with Crippen LogP contribution in [0.5, 0.6) is 0 Å². The van der Waals surface area contributed by atoms with Crippen molar-refractivity contribution >= 4 is 11.8 Å². The lowest BCUT2D eigenvalue weighted by Gasteiger charge is -2.29. The molecule has 5 nitrogen and oxygen atoms in total. The van der Waals surface area contributed by atoms with Crippen molar-refractivity contribution in [2.24, 2.45) is 17.8 Å². The van der Waals surface area contributed by atoms with Crippen molar-refractivity contribution in [1.29, 1.82) is 0 Å². The van der Waals surface area contributed by atoms with Crippen LogP contribution in [-0.4, -0.2) is 50.4 Å². The van der Waals surface area contributed by atoms with Crippen LogP contribution in [0.2, 0.25) is 0 Å². The molecule has 1 rings (SSSR count). The molecule has 0 radical (unpaired) electrons. The van der Waals surface area contributed by atoms with Crippen molar-refractivity contribution in [1.82, 2.24) is 15.5 Å². The summed E-state index contributed by atoms with van der Waals surface area (Å²) in [4.78, 5) is 25.4. The molecule has 0 bridgehead atoms. The standard InChI is InChI=1S/C15H29N3O2/c1-11(13-5-7-17-8-6-13)9-14(19)18(4)10-12(2)15(20)16-3/h11-13,17H,5-10H2,1-4H3,(H,16,20). The molecule has 1 aliphatic rings. The Morgan fingerprint density at radius 2 is 1.90 bits per heavy atom. The molecule has 0 aliphatic carbocycles. The van der Waals surface area contributed by atoms with Crippen LogP contribution in [0.1, 0.15) is 33.1 Å². The second kappa shape index (κ2) is 8.25. The fraction of sp³-hybridized carbons (Fsp3) is 0.867. The molecular formula is C15H29N3O2. The zero-order chi connectivity index (χ0) is 15.1. The minimum absolute atomic E-state index is 0.0175. The predicted octanol–water partition coefficient (Wildman–Crippen LogP) is 0.853. The fourth-order valence-electron chi connectivity index (χ4n) is 2.85. The van der Waals surface area contributed by atoms with E-state index in [2.05, 4.69) is 17.6 Å². The Bertz CT molecular complexity index is 327. The number of hydrogen-bond donors (Lipinski definition) is 2. The van der Waals surface area contributed by atoms with Gasteiger partial charge >= 0.3 is 0 Å². The number of carbonyl (C=O) groups is 2. The van der Waals surface area contributed by atoms with Gasteiger partial charge in [0.2, 0.25) is 11.8 Å². The Hall–Kier alpha value is -1.10. The van der Waals surface area contributed by atoms with E-state index < -0.39 is 0 Å². The smallest absolute Gasteiger partial charge is 0.224 e. The maximum Gasteiger partial charge on any atom is 0.224 e. The molecule has 0 spiro atoms. The van der Waals surface area contributed by atoms with E-state index >= 15 is 0 Å². The van der Waals surface area contributed by atoms with Gasteiger partial charge in [-0.15, -0.1) is 0 Å². The van der Waals surface area contributed by atoms with Gasteiger partial charge in [-0.3, -0.25) is 9.59 Å². The summed E-state index contributed by atoms with van der Waals surface area (Å²) in [7, 11) is 3.41. The van der Waals surface area contributed by atoms with Crippen LogP contribution in [0.3, 0.4) is 0 Å². The molecule has 0 saturated carbocycles. The summed E-state index contributed by atoms with van der Waals surface area (Å²) in [6.07, 6.45) is 2.90. The molecule has 20 heavy (non-hydrogen) atoms. The van der Waals surface area contributed by atoms with Gasteiger partial charge in [-0.2, -0.15) is 0 Å². The van der Waals surface area contributed by atoms with E-state index in [1.165, 1.54) is 0 Å². The highest BCUT2D eigenvalue weighted by atomic mass is 16.2. The van der Waals surface area contributed by atoms with Gasteiger partial charge in [-0.1, -0.05) is 13.8 Å². The maximum atomic E-state index is 12.2. The Morgan fingerprint density at radius 3 is 2.45 bits per heavy atom. The monoisotopic (exact) mass is 283 g/mol. The lowest BCUT2D eigenvalue weighted by Crippen LogP contribution is -2.39. The number of hydrogen-bond acceptors (Lipinski definition) is 3. The van der Waals surface area contributed by atoms with E-state index in [9.17, 15) is 9.59 Å². The van der Waals surface area contributed by atoms with Crippen molar-refractivity contribution in [3.05, 3.63) is 0 Å². The number of amides is 2. The molecule has 0 aromatic rings. The second-order valence-electron chi connectivity index (χ2n) is 6.06. The Balaban J connectivity index is 2.38. The SMILES string of the molecule is CNC(=O)C(C)CN(C)C(=O)CC(C)C1CCNCC1. The van der Waals surface area contributed by atoms with Gasteiger partial charge in [0.25, 0.3) is 0 Å². The normalized spacial score (nSPS) is 19.2. The van der Waals surface area contributed by atoms with Crippen LogP contribution >= 0.6 is 0 Å². The Kier molecular flexibility index (Phi) is 6.99. The van der Waals surface area contributed by atoms with Crippen molar-refractivity contribution < 1.29 is 9.59 Å². The summed E-state index contributed by atoms with van der Waals surface area (Å²) in [5.74, 6) is 1.03. The number of piperidine rings is 1. The highest BCUT2D eigenvalue weighted by molar-refractivity contribution is 5.80. The first-order valence-electron chi connectivity index (χ1n) is 7.62. The Morgan fingerprint density at radius 1 is 1.30 bits per heavy atom. The van der Waals surface area contributed by atoms with Crippen LogP contribution < -0.4 is 10.6 Å². The highest BCUT2D eigenvalue weighted by Gasteiger charge is 2.24. The molecule has 2 amide bonds. The summed E-state index contributed by atoms with van der Waals surface area (Å²) in [5, 5.41) is 5.97. The van der Waals surface area contributed by atoms with Crippen molar-refractivity contribution in [2.75, 3.05) is 33.7 Å². The molecule has 2 N–H and O–H groups in total. The first kappa shape index (κ1) is 17.0. The molecule has 0 aromatic heterocycles. The maximum absolute atomic E-state index is 12.2. The van der Waals surface area contributed by atoms with Gasteiger partial charge in [-0.05, 0) is 37.8 Å². The topological polar surface area (TPSA) is 61.4 Å². The van der Waals surface area contributed by atoms with Crippen molar-refractivity contribution in [3.63, 3.8) is 0 Å². The summed E-state index contributed by atoms with van der Waals surface area (Å²) in [6.45, 7) is 6.62. The zero-order valence-electron chi connectivity index (χ0n) is 13.2. The summed E-state index contributed by atoms with van der Waals surface area (Å²) < 4.78 is 0. The van der Waals surface area contributed by atoms with E-state index in [0.717, 1.165) is 25.9 Å². The molecule has 2 atom stereocenters. The first-order chi connectivity index (χ1) is 9.45. The third-order valence-corrected chi connectivity index (χ3v) is 4.35. The average molecular weight is 283 g/mol. The van der Waals surface area contributed by atoms with Crippen LogP contribution in [0.25, 0.3) is 0 Å². The minimum Gasteiger partial charge on any atom is -0.359 e. The van der Waals surface area contributed by atoms with Crippen LogP contribution in [-0.2, 0) is 9.59 Å². The number of nitrogens with zero attached hydrogens (tertiary/aromatic N) is 1. The molecule has 1 heterocycles. The molecule has 1 aliphatic heterocycles. The lowest BCUT2D eigenvalue weighted by molar-refractivity contribution is -0.133.